The van der Waals surface area contributed by atoms with Crippen LogP contribution in [-0.4, -0.2) is 24.9 Å². The molecule has 0 saturated heterocycles. The Hall–Kier alpha value is -2.27. The molecule has 0 aliphatic rings. The minimum Gasteiger partial charge on any atom is -0.387 e. The number of nitrogens with zero attached hydrogens (tertiary/aromatic N) is 4. The number of hydrogen-bond acceptors (Lipinski definition) is 4. The van der Waals surface area contributed by atoms with Crippen molar-refractivity contribution in [1.82, 2.24) is 19.8 Å². The molecule has 0 saturated carbocycles. The van der Waals surface area contributed by atoms with Crippen LogP contribution >= 0.6 is 0 Å². The molecule has 0 aromatic carbocycles. The molecule has 1 atom stereocenters. The third-order valence-corrected chi connectivity index (χ3v) is 2.76. The highest BCUT2D eigenvalue weighted by Crippen LogP contribution is 2.21. The molecule has 3 aromatic heterocycles. The van der Waals surface area contributed by atoms with Crippen LogP contribution in [0.25, 0.3) is 16.9 Å². The van der Waals surface area contributed by atoms with Gasteiger partial charge in [-0.2, -0.15) is 0 Å². The molecule has 3 heterocycles. The molecule has 3 rings (SSSR count). The van der Waals surface area contributed by atoms with Gasteiger partial charge >= 0.3 is 0 Å². The second kappa shape index (κ2) is 4.19. The molecular weight excluding hydrogens is 228 g/mol. The summed E-state index contributed by atoms with van der Waals surface area (Å²) in [6, 6.07) is 11.3. The first-order valence-corrected chi connectivity index (χ1v) is 5.71. The molecule has 0 spiro atoms. The maximum absolute atomic E-state index is 9.56. The number of rotatable bonds is 2. The van der Waals surface area contributed by atoms with E-state index in [0.717, 1.165) is 16.9 Å². The van der Waals surface area contributed by atoms with Gasteiger partial charge in [0.2, 0.25) is 0 Å². The number of fused-ring (bicyclic) bond motifs is 1. The van der Waals surface area contributed by atoms with E-state index in [4.69, 9.17) is 0 Å². The van der Waals surface area contributed by atoms with Crippen LogP contribution < -0.4 is 0 Å². The Morgan fingerprint density at radius 2 is 2.06 bits per heavy atom. The molecule has 1 unspecified atom stereocenters. The molecule has 0 aliphatic heterocycles. The molecular formula is C13H12N4O. The van der Waals surface area contributed by atoms with Crippen LogP contribution in [0, 0.1) is 0 Å². The van der Waals surface area contributed by atoms with Gasteiger partial charge < -0.3 is 5.11 Å². The van der Waals surface area contributed by atoms with Crippen molar-refractivity contribution in [2.45, 2.75) is 13.0 Å². The van der Waals surface area contributed by atoms with Crippen LogP contribution in [0.1, 0.15) is 18.7 Å². The zero-order valence-corrected chi connectivity index (χ0v) is 9.85. The first-order chi connectivity index (χ1) is 8.75. The number of aliphatic hydroxyl groups is 1. The lowest BCUT2D eigenvalue weighted by molar-refractivity contribution is 0.194. The topological polar surface area (TPSA) is 63.3 Å². The van der Waals surface area contributed by atoms with Gasteiger partial charge in [-0.1, -0.05) is 17.3 Å². The molecule has 0 fully saturated rings. The van der Waals surface area contributed by atoms with E-state index in [1.165, 1.54) is 0 Å². The lowest BCUT2D eigenvalue weighted by atomic mass is 10.2. The van der Waals surface area contributed by atoms with Gasteiger partial charge in [0.25, 0.3) is 0 Å². The van der Waals surface area contributed by atoms with Gasteiger partial charge in [-0.25, -0.2) is 9.50 Å². The smallest absolute Gasteiger partial charge is 0.139 e. The van der Waals surface area contributed by atoms with Crippen molar-refractivity contribution in [2.75, 3.05) is 0 Å². The number of hydrogen-bond donors (Lipinski definition) is 1. The summed E-state index contributed by atoms with van der Waals surface area (Å²) in [5.74, 6) is 0. The molecule has 5 heteroatoms. The zero-order valence-electron chi connectivity index (χ0n) is 9.85. The predicted molar refractivity (Wildman–Crippen MR) is 66.9 cm³/mol. The fraction of sp³-hybridized carbons (Fsp3) is 0.154. The molecule has 0 amide bonds. The first-order valence-electron chi connectivity index (χ1n) is 5.71. The summed E-state index contributed by atoms with van der Waals surface area (Å²) in [6.45, 7) is 1.69. The summed E-state index contributed by atoms with van der Waals surface area (Å²) in [5.41, 5.74) is 2.96. The standard InChI is InChI=1S/C13H12N4O/c1-9(18)10-5-4-6-11(14-10)13-12-7-2-3-8-17(12)16-15-13/h2-9,18H,1H3. The molecule has 3 aromatic rings. The highest BCUT2D eigenvalue weighted by Gasteiger charge is 2.11. The summed E-state index contributed by atoms with van der Waals surface area (Å²) < 4.78 is 1.70. The molecule has 1 N–H and O–H groups in total. The number of aliphatic hydroxyl groups excluding tert-OH is 1. The molecule has 0 radical (unpaired) electrons. The summed E-state index contributed by atoms with van der Waals surface area (Å²) in [5, 5.41) is 17.7. The Labute approximate surface area is 104 Å². The Kier molecular flexibility index (Phi) is 2.53. The number of aromatic nitrogens is 4. The largest absolute Gasteiger partial charge is 0.387 e. The van der Waals surface area contributed by atoms with E-state index in [9.17, 15) is 5.11 Å². The molecule has 0 bridgehead atoms. The average molecular weight is 240 g/mol. The highest BCUT2D eigenvalue weighted by atomic mass is 16.3. The molecule has 0 aliphatic carbocycles. The van der Waals surface area contributed by atoms with E-state index in [2.05, 4.69) is 15.3 Å². The highest BCUT2D eigenvalue weighted by molar-refractivity contribution is 5.73. The second-order valence-corrected chi connectivity index (χ2v) is 4.09. The van der Waals surface area contributed by atoms with Gasteiger partial charge in [0.1, 0.15) is 5.69 Å². The lowest BCUT2D eigenvalue weighted by Crippen LogP contribution is -1.96. The fourth-order valence-corrected chi connectivity index (χ4v) is 1.84. The Balaban J connectivity index is 2.17. The van der Waals surface area contributed by atoms with E-state index in [0.29, 0.717) is 5.69 Å². The van der Waals surface area contributed by atoms with Gasteiger partial charge in [-0.05, 0) is 31.2 Å². The summed E-state index contributed by atoms with van der Waals surface area (Å²) in [6.07, 6.45) is 1.25. The van der Waals surface area contributed by atoms with Crippen molar-refractivity contribution < 1.29 is 5.11 Å². The molecule has 18 heavy (non-hydrogen) atoms. The van der Waals surface area contributed by atoms with Crippen LogP contribution in [0.15, 0.2) is 42.6 Å². The van der Waals surface area contributed by atoms with E-state index in [1.807, 2.05) is 36.5 Å². The Bertz CT molecular complexity index is 690. The Morgan fingerprint density at radius 3 is 2.89 bits per heavy atom. The third kappa shape index (κ3) is 1.74. The summed E-state index contributed by atoms with van der Waals surface area (Å²) in [4.78, 5) is 4.40. The average Bonchev–Trinajstić information content (AvgIpc) is 2.82. The normalized spacial score (nSPS) is 12.8. The minimum atomic E-state index is -0.591. The van der Waals surface area contributed by atoms with Crippen LogP contribution in [0.4, 0.5) is 0 Å². The lowest BCUT2D eigenvalue weighted by Gasteiger charge is -2.04. The second-order valence-electron chi connectivity index (χ2n) is 4.09. The molecule has 90 valence electrons. The Morgan fingerprint density at radius 1 is 1.17 bits per heavy atom. The van der Waals surface area contributed by atoms with E-state index < -0.39 is 6.10 Å². The SMILES string of the molecule is CC(O)c1cccc(-c2nnn3ccccc23)n1. The quantitative estimate of drug-likeness (QED) is 0.742. The summed E-state index contributed by atoms with van der Waals surface area (Å²) in [7, 11) is 0. The van der Waals surface area contributed by atoms with Gasteiger partial charge in [-0.15, -0.1) is 5.10 Å². The van der Waals surface area contributed by atoms with Crippen molar-refractivity contribution in [2.24, 2.45) is 0 Å². The van der Waals surface area contributed by atoms with E-state index in [-0.39, 0.29) is 0 Å². The zero-order chi connectivity index (χ0) is 12.5. The van der Waals surface area contributed by atoms with Gasteiger partial charge in [0.15, 0.2) is 0 Å². The van der Waals surface area contributed by atoms with Crippen molar-refractivity contribution in [3.8, 4) is 11.4 Å². The van der Waals surface area contributed by atoms with Crippen molar-refractivity contribution in [3.05, 3.63) is 48.3 Å². The fourth-order valence-electron chi connectivity index (χ4n) is 1.84. The van der Waals surface area contributed by atoms with Crippen LogP contribution in [-0.2, 0) is 0 Å². The number of pyridine rings is 2. The van der Waals surface area contributed by atoms with Gasteiger partial charge in [-0.3, -0.25) is 0 Å². The third-order valence-electron chi connectivity index (χ3n) is 2.76. The van der Waals surface area contributed by atoms with Crippen molar-refractivity contribution >= 4 is 5.52 Å². The van der Waals surface area contributed by atoms with E-state index in [1.54, 1.807) is 17.5 Å². The maximum Gasteiger partial charge on any atom is 0.139 e. The van der Waals surface area contributed by atoms with Crippen LogP contribution in [0.3, 0.4) is 0 Å². The van der Waals surface area contributed by atoms with Crippen molar-refractivity contribution in [1.29, 1.82) is 0 Å². The van der Waals surface area contributed by atoms with Gasteiger partial charge in [0.05, 0.1) is 23.0 Å². The van der Waals surface area contributed by atoms with Crippen LogP contribution in [0.2, 0.25) is 0 Å². The first kappa shape index (κ1) is 10.9. The van der Waals surface area contributed by atoms with Crippen LogP contribution in [0.5, 0.6) is 0 Å². The monoisotopic (exact) mass is 240 g/mol. The minimum absolute atomic E-state index is 0.591. The van der Waals surface area contributed by atoms with Gasteiger partial charge in [0, 0.05) is 6.20 Å². The predicted octanol–water partition coefficient (Wildman–Crippen LogP) is 1.84. The maximum atomic E-state index is 9.56. The molecule has 5 nitrogen and oxygen atoms in total. The van der Waals surface area contributed by atoms with Crippen molar-refractivity contribution in [3.63, 3.8) is 0 Å². The summed E-state index contributed by atoms with van der Waals surface area (Å²) >= 11 is 0. The van der Waals surface area contributed by atoms with E-state index >= 15 is 0 Å².